The van der Waals surface area contributed by atoms with Crippen molar-refractivity contribution in [2.45, 2.75) is 11.3 Å². The molecule has 0 unspecified atom stereocenters. The number of rotatable bonds is 4. The summed E-state index contributed by atoms with van der Waals surface area (Å²) >= 11 is 1.34. The third-order valence-electron chi connectivity index (χ3n) is 4.37. The van der Waals surface area contributed by atoms with Crippen molar-refractivity contribution in [3.8, 4) is 0 Å². The molecule has 1 amide bonds. The first-order valence-electron chi connectivity index (χ1n) is 8.14. The zero-order chi connectivity index (χ0) is 18.3. The van der Waals surface area contributed by atoms with E-state index in [4.69, 9.17) is 0 Å². The molecule has 134 valence electrons. The maximum absolute atomic E-state index is 12.5. The molecule has 0 spiro atoms. The Kier molecular flexibility index (Phi) is 4.16. The van der Waals surface area contributed by atoms with E-state index in [1.165, 1.54) is 23.2 Å². The number of sulfone groups is 1. The van der Waals surface area contributed by atoms with Crippen molar-refractivity contribution in [1.82, 2.24) is 4.98 Å². The maximum atomic E-state index is 12.5. The average molecular weight is 387 g/mol. The first-order chi connectivity index (χ1) is 12.4. The summed E-state index contributed by atoms with van der Waals surface area (Å²) in [5.41, 5.74) is 2.87. The smallest absolute Gasteiger partial charge is 0.246 e. The minimum Gasteiger partial charge on any atom is -0.352 e. The van der Waals surface area contributed by atoms with Gasteiger partial charge in [-0.05, 0) is 36.2 Å². The normalized spacial score (nSPS) is 13.8. The Hall–Kier alpha value is -2.45. The van der Waals surface area contributed by atoms with Gasteiger partial charge in [0.1, 0.15) is 0 Å². The zero-order valence-electron chi connectivity index (χ0n) is 14.1. The van der Waals surface area contributed by atoms with E-state index in [9.17, 15) is 13.2 Å². The van der Waals surface area contributed by atoms with Gasteiger partial charge < -0.3 is 10.2 Å². The van der Waals surface area contributed by atoms with E-state index in [1.54, 1.807) is 23.1 Å². The van der Waals surface area contributed by atoms with Crippen LogP contribution in [0.4, 0.5) is 10.8 Å². The number of fused-ring (bicyclic) bond motifs is 2. The molecule has 0 saturated heterocycles. The molecule has 0 fully saturated rings. The van der Waals surface area contributed by atoms with Gasteiger partial charge >= 0.3 is 0 Å². The summed E-state index contributed by atoms with van der Waals surface area (Å²) in [5.74, 6) is -0.00830. The number of nitrogens with one attached hydrogen (secondary N) is 1. The standard InChI is InChI=1S/C18H17N3O3S2/c1-26(23,24)13-6-7-14-16(10-13)25-18(20-14)19-11-17(22)21-9-8-12-4-2-3-5-15(12)21/h2-7,10H,8-9,11H2,1H3,(H,19,20). The van der Waals surface area contributed by atoms with Gasteiger partial charge in [-0.25, -0.2) is 13.4 Å². The van der Waals surface area contributed by atoms with Crippen LogP contribution >= 0.6 is 11.3 Å². The molecule has 1 N–H and O–H groups in total. The van der Waals surface area contributed by atoms with Crippen molar-refractivity contribution in [3.05, 3.63) is 48.0 Å². The van der Waals surface area contributed by atoms with Crippen molar-refractivity contribution >= 4 is 48.1 Å². The Morgan fingerprint density at radius 3 is 2.88 bits per heavy atom. The second-order valence-corrected chi connectivity index (χ2v) is 9.24. The number of aromatic nitrogens is 1. The van der Waals surface area contributed by atoms with E-state index in [-0.39, 0.29) is 17.3 Å². The van der Waals surface area contributed by atoms with Crippen LogP contribution in [0, 0.1) is 0 Å². The number of para-hydroxylation sites is 1. The molecule has 0 saturated carbocycles. The van der Waals surface area contributed by atoms with Crippen LogP contribution in [0.1, 0.15) is 5.56 Å². The molecular weight excluding hydrogens is 370 g/mol. The van der Waals surface area contributed by atoms with Crippen LogP contribution in [0.2, 0.25) is 0 Å². The van der Waals surface area contributed by atoms with Gasteiger partial charge in [-0.1, -0.05) is 29.5 Å². The predicted octanol–water partition coefficient (Wildman–Crippen LogP) is 2.70. The number of hydrogen-bond donors (Lipinski definition) is 1. The van der Waals surface area contributed by atoms with Crippen LogP contribution in [0.3, 0.4) is 0 Å². The van der Waals surface area contributed by atoms with Crippen molar-refractivity contribution < 1.29 is 13.2 Å². The van der Waals surface area contributed by atoms with Gasteiger partial charge in [0.25, 0.3) is 0 Å². The number of carbonyl (C=O) groups is 1. The van der Waals surface area contributed by atoms with Crippen molar-refractivity contribution in [3.63, 3.8) is 0 Å². The van der Waals surface area contributed by atoms with E-state index < -0.39 is 9.84 Å². The molecule has 4 rings (SSSR count). The molecule has 8 heteroatoms. The molecule has 2 heterocycles. The molecule has 1 aliphatic heterocycles. The number of thiazole rings is 1. The molecular formula is C18H17N3O3S2. The fourth-order valence-corrected chi connectivity index (χ4v) is 4.68. The van der Waals surface area contributed by atoms with Crippen LogP contribution in [-0.2, 0) is 21.1 Å². The van der Waals surface area contributed by atoms with Gasteiger partial charge in [0.2, 0.25) is 5.91 Å². The molecule has 0 radical (unpaired) electrons. The highest BCUT2D eigenvalue weighted by Crippen LogP contribution is 2.29. The number of hydrogen-bond acceptors (Lipinski definition) is 6. The molecule has 0 aliphatic carbocycles. The van der Waals surface area contributed by atoms with Crippen molar-refractivity contribution in [2.75, 3.05) is 29.6 Å². The summed E-state index contributed by atoms with van der Waals surface area (Å²) < 4.78 is 24.1. The Balaban J connectivity index is 1.49. The number of amides is 1. The summed E-state index contributed by atoms with van der Waals surface area (Å²) in [6, 6.07) is 12.8. The van der Waals surface area contributed by atoms with Gasteiger partial charge in [0, 0.05) is 18.5 Å². The third-order valence-corrected chi connectivity index (χ3v) is 6.45. The second kappa shape index (κ2) is 6.37. The quantitative estimate of drug-likeness (QED) is 0.745. The summed E-state index contributed by atoms with van der Waals surface area (Å²) in [4.78, 5) is 19.0. The molecule has 26 heavy (non-hydrogen) atoms. The van der Waals surface area contributed by atoms with Gasteiger partial charge in [-0.3, -0.25) is 4.79 Å². The molecule has 1 aliphatic rings. The minimum atomic E-state index is -3.25. The van der Waals surface area contributed by atoms with E-state index in [0.29, 0.717) is 17.2 Å². The Labute approximate surface area is 155 Å². The highest BCUT2D eigenvalue weighted by Gasteiger charge is 2.23. The fourth-order valence-electron chi connectivity index (χ4n) is 3.06. The first-order valence-corrected chi connectivity index (χ1v) is 10.9. The minimum absolute atomic E-state index is 0.00830. The maximum Gasteiger partial charge on any atom is 0.246 e. The molecule has 0 atom stereocenters. The summed E-state index contributed by atoms with van der Waals surface area (Å²) in [5, 5.41) is 3.67. The Morgan fingerprint density at radius 1 is 1.27 bits per heavy atom. The summed E-state index contributed by atoms with van der Waals surface area (Å²) in [7, 11) is -3.25. The lowest BCUT2D eigenvalue weighted by Gasteiger charge is -2.17. The fraction of sp³-hybridized carbons (Fsp3) is 0.222. The lowest BCUT2D eigenvalue weighted by atomic mass is 10.2. The highest BCUT2D eigenvalue weighted by atomic mass is 32.2. The van der Waals surface area contributed by atoms with Crippen molar-refractivity contribution in [1.29, 1.82) is 0 Å². The van der Waals surface area contributed by atoms with Crippen molar-refractivity contribution in [2.24, 2.45) is 0 Å². The number of benzene rings is 2. The molecule has 1 aromatic heterocycles. The SMILES string of the molecule is CS(=O)(=O)c1ccc2nc(NCC(=O)N3CCc4ccccc43)sc2c1. The average Bonchev–Trinajstić information content (AvgIpc) is 3.21. The number of nitrogens with zero attached hydrogens (tertiary/aromatic N) is 2. The first kappa shape index (κ1) is 17.0. The van der Waals surface area contributed by atoms with E-state index in [2.05, 4.69) is 10.3 Å². The lowest BCUT2D eigenvalue weighted by Crippen LogP contribution is -2.34. The second-order valence-electron chi connectivity index (χ2n) is 6.20. The van der Waals surface area contributed by atoms with Gasteiger partial charge in [0.05, 0.1) is 21.7 Å². The van der Waals surface area contributed by atoms with Gasteiger partial charge in [0.15, 0.2) is 15.0 Å². The van der Waals surface area contributed by atoms with E-state index >= 15 is 0 Å². The largest absolute Gasteiger partial charge is 0.352 e. The van der Waals surface area contributed by atoms with Crippen LogP contribution < -0.4 is 10.2 Å². The third kappa shape index (κ3) is 3.17. The van der Waals surface area contributed by atoms with E-state index in [0.717, 1.165) is 16.8 Å². The van der Waals surface area contributed by atoms with Gasteiger partial charge in [-0.15, -0.1) is 0 Å². The zero-order valence-corrected chi connectivity index (χ0v) is 15.7. The summed E-state index contributed by atoms with van der Waals surface area (Å²) in [6.45, 7) is 0.838. The van der Waals surface area contributed by atoms with Crippen LogP contribution in [0.25, 0.3) is 10.2 Å². The van der Waals surface area contributed by atoms with Crippen LogP contribution in [0.15, 0.2) is 47.4 Å². The monoisotopic (exact) mass is 387 g/mol. The predicted molar refractivity (Wildman–Crippen MR) is 104 cm³/mol. The topological polar surface area (TPSA) is 79.4 Å². The van der Waals surface area contributed by atoms with E-state index in [1.807, 2.05) is 24.3 Å². The number of carbonyl (C=O) groups excluding carboxylic acids is 1. The molecule has 6 nitrogen and oxygen atoms in total. The molecule has 0 bridgehead atoms. The molecule has 2 aromatic carbocycles. The summed E-state index contributed by atoms with van der Waals surface area (Å²) in [6.07, 6.45) is 2.05. The van der Waals surface area contributed by atoms with Gasteiger partial charge in [-0.2, -0.15) is 0 Å². The lowest BCUT2D eigenvalue weighted by molar-refractivity contribution is -0.116. The Bertz CT molecular complexity index is 1110. The Morgan fingerprint density at radius 2 is 2.08 bits per heavy atom. The molecule has 3 aromatic rings. The number of anilines is 2. The van der Waals surface area contributed by atoms with Crippen LogP contribution in [0.5, 0.6) is 0 Å². The van der Waals surface area contributed by atoms with Crippen LogP contribution in [-0.4, -0.2) is 38.7 Å². The highest BCUT2D eigenvalue weighted by molar-refractivity contribution is 7.90.